The van der Waals surface area contributed by atoms with Crippen molar-refractivity contribution >= 4 is 26.9 Å². The van der Waals surface area contributed by atoms with Gasteiger partial charge in [-0.1, -0.05) is 6.07 Å². The molecule has 0 saturated carbocycles. The molecular formula is C23H20N2O6S. The fourth-order valence-electron chi connectivity index (χ4n) is 3.33. The third-order valence-electron chi connectivity index (χ3n) is 4.91. The molecule has 0 aliphatic heterocycles. The number of hydrogen-bond donors (Lipinski definition) is 1. The molecule has 9 heteroatoms. The van der Waals surface area contributed by atoms with Gasteiger partial charge in [-0.3, -0.25) is 4.79 Å². The second kappa shape index (κ2) is 8.72. The topological polar surface area (TPSA) is 108 Å². The van der Waals surface area contributed by atoms with Crippen LogP contribution in [0.2, 0.25) is 0 Å². The number of ether oxygens (including phenoxy) is 2. The lowest BCUT2D eigenvalue weighted by Gasteiger charge is -2.09. The van der Waals surface area contributed by atoms with Crippen LogP contribution >= 0.6 is 0 Å². The van der Waals surface area contributed by atoms with Crippen molar-refractivity contribution in [2.75, 3.05) is 7.11 Å². The van der Waals surface area contributed by atoms with Crippen LogP contribution < -0.4 is 9.47 Å². The van der Waals surface area contributed by atoms with E-state index in [0.717, 1.165) is 0 Å². The number of methoxy groups -OCH3 is 1. The van der Waals surface area contributed by atoms with E-state index in [0.29, 0.717) is 33.8 Å². The summed E-state index contributed by atoms with van der Waals surface area (Å²) >= 11 is 0. The summed E-state index contributed by atoms with van der Waals surface area (Å²) in [5.74, 6) is 0.448. The predicted molar refractivity (Wildman–Crippen MR) is 118 cm³/mol. The third kappa shape index (κ3) is 4.28. The highest BCUT2D eigenvalue weighted by atomic mass is 32.2. The molecule has 0 aliphatic rings. The normalized spacial score (nSPS) is 11.4. The van der Waals surface area contributed by atoms with E-state index < -0.39 is 16.0 Å². The number of nitrogens with zero attached hydrogens (tertiary/aromatic N) is 2. The van der Waals surface area contributed by atoms with Crippen molar-refractivity contribution in [1.82, 2.24) is 8.96 Å². The van der Waals surface area contributed by atoms with Gasteiger partial charge in [0.15, 0.2) is 0 Å². The zero-order chi connectivity index (χ0) is 22.7. The van der Waals surface area contributed by atoms with E-state index in [4.69, 9.17) is 14.6 Å². The van der Waals surface area contributed by atoms with Crippen molar-refractivity contribution in [2.24, 2.45) is 0 Å². The molecule has 0 fully saturated rings. The summed E-state index contributed by atoms with van der Waals surface area (Å²) in [7, 11) is -2.42. The van der Waals surface area contributed by atoms with Gasteiger partial charge in [0.1, 0.15) is 11.5 Å². The van der Waals surface area contributed by atoms with Gasteiger partial charge < -0.3 is 14.6 Å². The van der Waals surface area contributed by atoms with Crippen molar-refractivity contribution in [2.45, 2.75) is 17.7 Å². The number of rotatable bonds is 8. The number of aliphatic carboxylic acids is 1. The van der Waals surface area contributed by atoms with Gasteiger partial charge in [-0.25, -0.2) is 17.4 Å². The van der Waals surface area contributed by atoms with Gasteiger partial charge in [-0.15, -0.1) is 0 Å². The second-order valence-electron chi connectivity index (χ2n) is 6.97. The Morgan fingerprint density at radius 3 is 2.47 bits per heavy atom. The quantitative estimate of drug-likeness (QED) is 0.429. The Labute approximate surface area is 184 Å². The van der Waals surface area contributed by atoms with Crippen LogP contribution in [-0.4, -0.2) is 35.6 Å². The molecule has 1 N–H and O–H groups in total. The summed E-state index contributed by atoms with van der Waals surface area (Å²) in [6.45, 7) is 0. The van der Waals surface area contributed by atoms with Gasteiger partial charge >= 0.3 is 5.97 Å². The molecule has 2 heterocycles. The zero-order valence-electron chi connectivity index (χ0n) is 17.1. The van der Waals surface area contributed by atoms with E-state index in [2.05, 4.69) is 4.98 Å². The largest absolute Gasteiger partial charge is 0.497 e. The lowest BCUT2D eigenvalue weighted by Crippen LogP contribution is -2.11. The van der Waals surface area contributed by atoms with Crippen LogP contribution in [0.3, 0.4) is 0 Å². The Hall–Kier alpha value is -3.85. The van der Waals surface area contributed by atoms with Crippen LogP contribution in [-0.2, 0) is 21.2 Å². The molecule has 0 aliphatic carbocycles. The molecule has 32 heavy (non-hydrogen) atoms. The summed E-state index contributed by atoms with van der Waals surface area (Å²) in [6.07, 6.45) is 3.15. The average molecular weight is 452 g/mol. The highest BCUT2D eigenvalue weighted by Gasteiger charge is 2.22. The lowest BCUT2D eigenvalue weighted by atomic mass is 10.1. The van der Waals surface area contributed by atoms with E-state index in [1.165, 1.54) is 29.4 Å². The molecule has 0 spiro atoms. The number of aryl methyl sites for hydroxylation is 1. The number of aromatic nitrogens is 2. The fourth-order valence-corrected chi connectivity index (χ4v) is 4.72. The summed E-state index contributed by atoms with van der Waals surface area (Å²) < 4.78 is 38.8. The molecule has 4 rings (SSSR count). The summed E-state index contributed by atoms with van der Waals surface area (Å²) in [5.41, 5.74) is 1.06. The number of pyridine rings is 1. The Bertz CT molecular complexity index is 1360. The minimum atomic E-state index is -3.94. The predicted octanol–water partition coefficient (Wildman–Crippen LogP) is 4.09. The zero-order valence-corrected chi connectivity index (χ0v) is 18.0. The molecule has 164 valence electrons. The van der Waals surface area contributed by atoms with Crippen molar-refractivity contribution in [1.29, 1.82) is 0 Å². The molecule has 0 bridgehead atoms. The van der Waals surface area contributed by atoms with Crippen LogP contribution in [0.25, 0.3) is 10.9 Å². The number of fused-ring (bicyclic) bond motifs is 1. The Morgan fingerprint density at radius 2 is 1.81 bits per heavy atom. The summed E-state index contributed by atoms with van der Waals surface area (Å²) in [6, 6.07) is 16.3. The van der Waals surface area contributed by atoms with Crippen LogP contribution in [0.15, 0.2) is 78.0 Å². The van der Waals surface area contributed by atoms with E-state index in [1.807, 2.05) is 0 Å². The molecule has 0 radical (unpaired) electrons. The molecule has 0 amide bonds. The maximum atomic E-state index is 13.4. The average Bonchev–Trinajstić information content (AvgIpc) is 3.17. The minimum absolute atomic E-state index is 0.0726. The maximum absolute atomic E-state index is 13.4. The van der Waals surface area contributed by atoms with Crippen molar-refractivity contribution in [3.63, 3.8) is 0 Å². The molecule has 0 atom stereocenters. The van der Waals surface area contributed by atoms with Crippen molar-refractivity contribution in [3.8, 4) is 17.4 Å². The fraction of sp³-hybridized carbons (Fsp3) is 0.130. The highest BCUT2D eigenvalue weighted by molar-refractivity contribution is 7.90. The molecule has 2 aromatic heterocycles. The molecule has 4 aromatic rings. The maximum Gasteiger partial charge on any atom is 0.303 e. The highest BCUT2D eigenvalue weighted by Crippen LogP contribution is 2.31. The van der Waals surface area contributed by atoms with Gasteiger partial charge in [0.25, 0.3) is 10.0 Å². The molecule has 2 aromatic carbocycles. The first kappa shape index (κ1) is 21.4. The summed E-state index contributed by atoms with van der Waals surface area (Å²) in [5, 5.41) is 9.69. The number of hydrogen-bond acceptors (Lipinski definition) is 6. The van der Waals surface area contributed by atoms with Crippen LogP contribution in [0, 0.1) is 0 Å². The van der Waals surface area contributed by atoms with Gasteiger partial charge in [-0.05, 0) is 60.5 Å². The second-order valence-corrected chi connectivity index (χ2v) is 8.79. The van der Waals surface area contributed by atoms with Gasteiger partial charge in [0.05, 0.1) is 17.5 Å². The monoisotopic (exact) mass is 452 g/mol. The third-order valence-corrected chi connectivity index (χ3v) is 6.60. The number of carbonyl (C=O) groups is 1. The van der Waals surface area contributed by atoms with E-state index in [9.17, 15) is 13.2 Å². The minimum Gasteiger partial charge on any atom is -0.497 e. The van der Waals surface area contributed by atoms with Crippen molar-refractivity contribution < 1.29 is 27.8 Å². The van der Waals surface area contributed by atoms with Gasteiger partial charge in [-0.2, -0.15) is 0 Å². The molecule has 0 unspecified atom stereocenters. The van der Waals surface area contributed by atoms with Crippen LogP contribution in [0.4, 0.5) is 0 Å². The van der Waals surface area contributed by atoms with Crippen molar-refractivity contribution in [3.05, 3.63) is 78.6 Å². The van der Waals surface area contributed by atoms with Gasteiger partial charge in [0.2, 0.25) is 5.88 Å². The number of carboxylic acid groups (broad SMARTS) is 1. The Balaban J connectivity index is 1.71. The number of carboxylic acids is 1. The Kier molecular flexibility index (Phi) is 5.83. The van der Waals surface area contributed by atoms with Crippen LogP contribution in [0.5, 0.6) is 17.4 Å². The first-order chi connectivity index (χ1) is 15.4. The molecular weight excluding hydrogens is 432 g/mol. The first-order valence-electron chi connectivity index (χ1n) is 9.73. The van der Waals surface area contributed by atoms with E-state index in [1.54, 1.807) is 54.7 Å². The van der Waals surface area contributed by atoms with E-state index >= 15 is 0 Å². The Morgan fingerprint density at radius 1 is 1.06 bits per heavy atom. The molecule has 0 saturated heterocycles. The SMILES string of the molecule is COc1ccc2c(c1)c(CCC(=O)O)cn2S(=O)(=O)c1ccc(Oc2ccccn2)cc1. The standard InChI is InChI=1S/C23H20N2O6S/c1-30-18-8-11-21-20(14-18)16(5-12-23(26)27)15-25(21)32(28,29)19-9-6-17(7-10-19)31-22-4-2-3-13-24-22/h2-4,6-11,13-15H,5,12H2,1H3,(H,26,27). The first-order valence-corrected chi connectivity index (χ1v) is 11.2. The lowest BCUT2D eigenvalue weighted by molar-refractivity contribution is -0.136. The number of benzene rings is 2. The smallest absolute Gasteiger partial charge is 0.303 e. The van der Waals surface area contributed by atoms with Gasteiger partial charge in [0, 0.05) is 30.3 Å². The van der Waals surface area contributed by atoms with E-state index in [-0.39, 0.29) is 17.7 Å². The summed E-state index contributed by atoms with van der Waals surface area (Å²) in [4.78, 5) is 15.2. The van der Waals surface area contributed by atoms with Crippen LogP contribution in [0.1, 0.15) is 12.0 Å². The molecule has 8 nitrogen and oxygen atoms in total.